The molecule has 0 heterocycles. The van der Waals surface area contributed by atoms with Gasteiger partial charge in [-0.1, -0.05) is 6.92 Å². The molecule has 0 nitrogen and oxygen atoms in total. The molecule has 0 aromatic rings. The molecule has 0 amide bonds. The molecule has 0 aliphatic carbocycles. The van der Waals surface area contributed by atoms with Crippen molar-refractivity contribution in [3.8, 4) is 0 Å². The largest absolute Gasteiger partial charge is 0.200 e. The van der Waals surface area contributed by atoms with Crippen LogP contribution in [0.15, 0.2) is 0 Å². The molecule has 0 fully saturated rings. The van der Waals surface area contributed by atoms with Gasteiger partial charge in [-0.25, -0.2) is 0 Å². The Labute approximate surface area is 52.9 Å². The van der Waals surface area contributed by atoms with Crippen LogP contribution in [0.2, 0.25) is 0 Å². The summed E-state index contributed by atoms with van der Waals surface area (Å²) in [7, 11) is 0. The lowest BCUT2D eigenvalue weighted by atomic mass is 11.0. The van der Waals surface area contributed by atoms with E-state index in [0.717, 1.165) is 0 Å². The summed E-state index contributed by atoms with van der Waals surface area (Å²) >= 11 is 2.63. The monoisotopic (exact) mass is 135 g/mol. The first-order valence-corrected chi connectivity index (χ1v) is 4.73. The smallest absolute Gasteiger partial charge is 0.0132 e. The zero-order valence-corrected chi connectivity index (χ0v) is 6.47. The lowest BCUT2D eigenvalue weighted by Crippen LogP contribution is -1.65. The SMILES string of the molecule is CC[SH]=C[C]=[SH]C. The molecule has 0 rings (SSSR count). The Bertz CT molecular complexity index is 74.1. The van der Waals surface area contributed by atoms with Crippen LogP contribution in [0.4, 0.5) is 0 Å². The highest BCUT2D eigenvalue weighted by Crippen LogP contribution is 1.78. The van der Waals surface area contributed by atoms with Crippen molar-refractivity contribution in [2.24, 2.45) is 0 Å². The average molecular weight is 135 g/mol. The molecule has 2 heteroatoms. The Balaban J connectivity index is 3.09. The summed E-state index contributed by atoms with van der Waals surface area (Å²) in [6.45, 7) is 2.16. The van der Waals surface area contributed by atoms with Crippen LogP contribution < -0.4 is 0 Å². The molecule has 0 N–H and O–H groups in total. The molecule has 0 aliphatic heterocycles. The van der Waals surface area contributed by atoms with Gasteiger partial charge >= 0.3 is 0 Å². The standard InChI is InChI=1S/C5H11S2/c1-3-7-5-4-6-2/h5-7H,3H2,1-2H3. The maximum absolute atomic E-state index is 3.08. The van der Waals surface area contributed by atoms with Crippen molar-refractivity contribution < 1.29 is 0 Å². The van der Waals surface area contributed by atoms with Crippen LogP contribution >= 0.6 is 22.7 Å². The molecule has 0 aliphatic rings. The second-order valence-electron chi connectivity index (χ2n) is 0.981. The van der Waals surface area contributed by atoms with E-state index in [2.05, 4.69) is 23.9 Å². The van der Waals surface area contributed by atoms with Gasteiger partial charge in [-0.05, 0) is 17.4 Å². The van der Waals surface area contributed by atoms with Crippen molar-refractivity contribution in [3.63, 3.8) is 0 Å². The number of rotatable bonds is 2. The first-order chi connectivity index (χ1) is 3.41. The fourth-order valence-electron chi connectivity index (χ4n) is 0.190. The molecule has 0 bridgehead atoms. The molecule has 0 unspecified atom stereocenters. The van der Waals surface area contributed by atoms with Gasteiger partial charge in [0, 0.05) is 5.37 Å². The van der Waals surface area contributed by atoms with E-state index in [0.29, 0.717) is 0 Å². The Morgan fingerprint density at radius 3 is 2.86 bits per heavy atom. The van der Waals surface area contributed by atoms with Crippen molar-refractivity contribution >= 4 is 33.4 Å². The van der Waals surface area contributed by atoms with Gasteiger partial charge in [0.05, 0.1) is 0 Å². The summed E-state index contributed by atoms with van der Waals surface area (Å²) in [6.07, 6.45) is 2.07. The minimum absolute atomic E-state index is 1.21. The summed E-state index contributed by atoms with van der Waals surface area (Å²) in [6, 6.07) is 0. The first-order valence-electron chi connectivity index (χ1n) is 2.24. The summed E-state index contributed by atoms with van der Waals surface area (Å²) in [4.78, 5) is 0. The predicted octanol–water partition coefficient (Wildman–Crippen LogP) is 1.05. The van der Waals surface area contributed by atoms with Crippen LogP contribution in [0.1, 0.15) is 6.92 Å². The summed E-state index contributed by atoms with van der Waals surface area (Å²) in [5, 5.41) is 5.16. The highest BCUT2D eigenvalue weighted by atomic mass is 32.1. The lowest BCUT2D eigenvalue weighted by Gasteiger charge is -1.71. The molecule has 0 atom stereocenters. The van der Waals surface area contributed by atoms with E-state index in [1.165, 1.54) is 28.5 Å². The van der Waals surface area contributed by atoms with Crippen LogP contribution in [0.25, 0.3) is 0 Å². The molecule has 7 heavy (non-hydrogen) atoms. The Morgan fingerprint density at radius 1 is 1.71 bits per heavy atom. The number of thiol groups is 2. The third-order valence-electron chi connectivity index (χ3n) is 0.461. The van der Waals surface area contributed by atoms with Gasteiger partial charge in [-0.3, -0.25) is 0 Å². The van der Waals surface area contributed by atoms with E-state index in [1.54, 1.807) is 0 Å². The van der Waals surface area contributed by atoms with Gasteiger partial charge in [0.15, 0.2) is 0 Å². The summed E-state index contributed by atoms with van der Waals surface area (Å²) in [5.74, 6) is 1.21. The van der Waals surface area contributed by atoms with Crippen molar-refractivity contribution in [1.29, 1.82) is 0 Å². The van der Waals surface area contributed by atoms with Crippen molar-refractivity contribution in [1.82, 2.24) is 0 Å². The summed E-state index contributed by atoms with van der Waals surface area (Å²) < 4.78 is 0. The van der Waals surface area contributed by atoms with Gasteiger partial charge in [0.25, 0.3) is 0 Å². The first kappa shape index (κ1) is 7.44. The molecule has 0 spiro atoms. The predicted molar refractivity (Wildman–Crippen MR) is 45.5 cm³/mol. The normalized spacial score (nSPS) is 14.0. The molecule has 0 saturated carbocycles. The molecule has 0 saturated heterocycles. The van der Waals surface area contributed by atoms with Crippen LogP contribution in [0, 0.1) is 0 Å². The fourth-order valence-corrected chi connectivity index (χ4v) is 1.16. The summed E-state index contributed by atoms with van der Waals surface area (Å²) in [5.41, 5.74) is 0. The Hall–Kier alpha value is 0.440. The third-order valence-corrected chi connectivity index (χ3v) is 1.73. The van der Waals surface area contributed by atoms with E-state index in [9.17, 15) is 0 Å². The van der Waals surface area contributed by atoms with Gasteiger partial charge in [-0.15, -0.1) is 0 Å². The lowest BCUT2D eigenvalue weighted by molar-refractivity contribution is 1.54. The van der Waals surface area contributed by atoms with Crippen molar-refractivity contribution in [3.05, 3.63) is 0 Å². The van der Waals surface area contributed by atoms with Gasteiger partial charge in [0.2, 0.25) is 0 Å². The van der Waals surface area contributed by atoms with Gasteiger partial charge < -0.3 is 0 Å². The Morgan fingerprint density at radius 2 is 2.43 bits per heavy atom. The molecule has 1 radical (unpaired) electrons. The molecule has 0 aromatic heterocycles. The molecular formula is C5H11S2. The van der Waals surface area contributed by atoms with Crippen molar-refractivity contribution in [2.45, 2.75) is 6.92 Å². The minimum Gasteiger partial charge on any atom is -0.200 e. The molecule has 43 valence electrons. The van der Waals surface area contributed by atoms with Crippen LogP contribution in [0.5, 0.6) is 0 Å². The quantitative estimate of drug-likeness (QED) is 0.410. The maximum atomic E-state index is 3.08. The third kappa shape index (κ3) is 6.44. The van der Waals surface area contributed by atoms with Crippen LogP contribution in [-0.2, 0) is 0 Å². The zero-order chi connectivity index (χ0) is 5.54. The van der Waals surface area contributed by atoms with E-state index in [4.69, 9.17) is 0 Å². The fraction of sp³-hybridized carbons (Fsp3) is 0.600. The van der Waals surface area contributed by atoms with Crippen molar-refractivity contribution in [2.75, 3.05) is 12.0 Å². The van der Waals surface area contributed by atoms with E-state index < -0.39 is 0 Å². The van der Waals surface area contributed by atoms with Gasteiger partial charge in [0.1, 0.15) is 0 Å². The average Bonchev–Trinajstić information content (AvgIpc) is 1.69. The van der Waals surface area contributed by atoms with Gasteiger partial charge in [-0.2, -0.15) is 22.7 Å². The molecule has 0 aromatic carbocycles. The van der Waals surface area contributed by atoms with E-state index in [1.807, 2.05) is 0 Å². The Kier molecular flexibility index (Phi) is 6.84. The minimum atomic E-state index is 1.21. The van der Waals surface area contributed by atoms with E-state index in [-0.39, 0.29) is 0 Å². The zero-order valence-electron chi connectivity index (χ0n) is 4.68. The van der Waals surface area contributed by atoms with Crippen LogP contribution in [-0.4, -0.2) is 22.7 Å². The van der Waals surface area contributed by atoms with E-state index >= 15 is 0 Å². The highest BCUT2D eigenvalue weighted by Gasteiger charge is 1.57. The topological polar surface area (TPSA) is 0 Å². The maximum Gasteiger partial charge on any atom is 0.0132 e. The molecular weight excluding hydrogens is 124 g/mol. The number of hydrogen-bond acceptors (Lipinski definition) is 0. The highest BCUT2D eigenvalue weighted by molar-refractivity contribution is 8.03. The second-order valence-corrected chi connectivity index (χ2v) is 2.94. The second kappa shape index (κ2) is 6.44. The van der Waals surface area contributed by atoms with Crippen LogP contribution in [0.3, 0.4) is 0 Å². The number of hydrogen-bond donors (Lipinski definition) is 2.